The molecule has 0 aliphatic rings. The van der Waals surface area contributed by atoms with Crippen molar-refractivity contribution < 1.29 is 14.2 Å². The number of nitriles is 1. The highest BCUT2D eigenvalue weighted by Gasteiger charge is 2.09. The lowest BCUT2D eigenvalue weighted by molar-refractivity contribution is 0.400. The van der Waals surface area contributed by atoms with Gasteiger partial charge in [-0.1, -0.05) is 0 Å². The quantitative estimate of drug-likeness (QED) is 0.688. The van der Waals surface area contributed by atoms with Crippen molar-refractivity contribution in [3.63, 3.8) is 0 Å². The van der Waals surface area contributed by atoms with Crippen molar-refractivity contribution in [2.75, 3.05) is 7.11 Å². The van der Waals surface area contributed by atoms with E-state index in [0.29, 0.717) is 0 Å². The summed E-state index contributed by atoms with van der Waals surface area (Å²) in [5.41, 5.74) is -0.0566. The Morgan fingerprint density at radius 1 is 1.58 bits per heavy atom. The van der Waals surface area contributed by atoms with Gasteiger partial charge < -0.3 is 9.84 Å². The second-order valence-corrected chi connectivity index (χ2v) is 2.11. The zero-order valence-electron chi connectivity index (χ0n) is 6.34. The van der Waals surface area contributed by atoms with Gasteiger partial charge in [0.1, 0.15) is 28.9 Å². The lowest BCUT2D eigenvalue weighted by Gasteiger charge is -2.03. The molecule has 0 aliphatic heterocycles. The smallest absolute Gasteiger partial charge is 0.143 e. The molecule has 0 unspecified atom stereocenters. The van der Waals surface area contributed by atoms with Gasteiger partial charge in [0.15, 0.2) is 0 Å². The molecule has 0 radical (unpaired) electrons. The van der Waals surface area contributed by atoms with Gasteiger partial charge in [0.2, 0.25) is 0 Å². The molecule has 1 N–H and O–H groups in total. The number of halogens is 1. The summed E-state index contributed by atoms with van der Waals surface area (Å²) >= 11 is 0. The fourth-order valence-corrected chi connectivity index (χ4v) is 0.841. The van der Waals surface area contributed by atoms with E-state index in [2.05, 4.69) is 4.74 Å². The van der Waals surface area contributed by atoms with E-state index >= 15 is 0 Å². The van der Waals surface area contributed by atoms with Crippen LogP contribution in [-0.2, 0) is 0 Å². The molecule has 0 fully saturated rings. The van der Waals surface area contributed by atoms with Gasteiger partial charge in [-0.2, -0.15) is 5.26 Å². The van der Waals surface area contributed by atoms with Crippen LogP contribution >= 0.6 is 0 Å². The van der Waals surface area contributed by atoms with Crippen LogP contribution in [0.25, 0.3) is 0 Å². The monoisotopic (exact) mass is 167 g/mol. The van der Waals surface area contributed by atoms with Gasteiger partial charge in [-0.15, -0.1) is 0 Å². The number of phenolic OH excluding ortho intramolecular Hbond substituents is 1. The zero-order chi connectivity index (χ0) is 9.14. The molecule has 0 spiro atoms. The van der Waals surface area contributed by atoms with Gasteiger partial charge in [-0.3, -0.25) is 0 Å². The minimum Gasteiger partial charge on any atom is -0.506 e. The fraction of sp³-hybridized carbons (Fsp3) is 0.125. The number of aromatic hydroxyl groups is 1. The third kappa shape index (κ3) is 1.30. The molecule has 62 valence electrons. The number of methoxy groups -OCH3 is 1. The first kappa shape index (κ1) is 8.34. The maximum absolute atomic E-state index is 12.6. The van der Waals surface area contributed by atoms with Crippen molar-refractivity contribution in [2.24, 2.45) is 0 Å². The molecule has 1 aromatic rings. The maximum atomic E-state index is 12.6. The van der Waals surface area contributed by atoms with Crippen molar-refractivity contribution in [2.45, 2.75) is 0 Å². The molecule has 0 saturated carbocycles. The molecule has 0 aliphatic carbocycles. The van der Waals surface area contributed by atoms with Crippen molar-refractivity contribution in [1.82, 2.24) is 0 Å². The first-order valence-corrected chi connectivity index (χ1v) is 3.15. The number of rotatable bonds is 1. The third-order valence-electron chi connectivity index (χ3n) is 1.38. The summed E-state index contributed by atoms with van der Waals surface area (Å²) < 4.78 is 17.3. The molecule has 4 heteroatoms. The number of nitrogens with zero attached hydrogens (tertiary/aromatic N) is 1. The minimum atomic E-state index is -0.636. The Bertz CT molecular complexity index is 344. The van der Waals surface area contributed by atoms with Gasteiger partial charge in [0.05, 0.1) is 7.11 Å². The Hall–Kier alpha value is -1.76. The SMILES string of the molecule is COc1cc(F)cc(O)c1C#N. The molecule has 0 amide bonds. The number of hydrogen-bond acceptors (Lipinski definition) is 3. The van der Waals surface area contributed by atoms with Crippen LogP contribution in [0.15, 0.2) is 12.1 Å². The Morgan fingerprint density at radius 3 is 2.75 bits per heavy atom. The molecule has 0 aromatic heterocycles. The second kappa shape index (κ2) is 3.09. The van der Waals surface area contributed by atoms with Crippen LogP contribution in [0, 0.1) is 17.1 Å². The standard InChI is InChI=1S/C8H6FNO2/c1-12-8-3-5(9)2-7(11)6(8)4-10/h2-3,11H,1H3. The number of benzene rings is 1. The number of hydrogen-bond donors (Lipinski definition) is 1. The van der Waals surface area contributed by atoms with Crippen molar-refractivity contribution in [3.8, 4) is 17.6 Å². The van der Waals surface area contributed by atoms with Crippen LogP contribution in [-0.4, -0.2) is 12.2 Å². The van der Waals surface area contributed by atoms with E-state index < -0.39 is 11.6 Å². The molecule has 0 atom stereocenters. The van der Waals surface area contributed by atoms with Crippen LogP contribution in [0.5, 0.6) is 11.5 Å². The molecular formula is C8H6FNO2. The summed E-state index contributed by atoms with van der Waals surface area (Å²) in [7, 11) is 1.30. The van der Waals surface area contributed by atoms with E-state index in [1.165, 1.54) is 7.11 Å². The first-order chi connectivity index (χ1) is 5.69. The van der Waals surface area contributed by atoms with Gasteiger partial charge >= 0.3 is 0 Å². The lowest BCUT2D eigenvalue weighted by Crippen LogP contribution is -1.89. The van der Waals surface area contributed by atoms with Crippen LogP contribution in [0.1, 0.15) is 5.56 Å². The van der Waals surface area contributed by atoms with Gasteiger partial charge in [-0.05, 0) is 0 Å². The summed E-state index contributed by atoms with van der Waals surface area (Å²) in [5, 5.41) is 17.6. The summed E-state index contributed by atoms with van der Waals surface area (Å²) in [6.07, 6.45) is 0. The van der Waals surface area contributed by atoms with Gasteiger partial charge in [0, 0.05) is 12.1 Å². The molecule has 12 heavy (non-hydrogen) atoms. The van der Waals surface area contributed by atoms with E-state index in [1.54, 1.807) is 6.07 Å². The predicted molar refractivity (Wildman–Crippen MR) is 39.3 cm³/mol. The number of ether oxygens (including phenoxy) is 1. The molecule has 0 saturated heterocycles. The third-order valence-corrected chi connectivity index (χ3v) is 1.38. The number of phenols is 1. The average molecular weight is 167 g/mol. The zero-order valence-corrected chi connectivity index (χ0v) is 6.34. The molecule has 0 heterocycles. The Morgan fingerprint density at radius 2 is 2.25 bits per heavy atom. The second-order valence-electron chi connectivity index (χ2n) is 2.11. The average Bonchev–Trinajstić information content (AvgIpc) is 2.03. The molecule has 1 rings (SSSR count). The molecule has 0 bridgehead atoms. The summed E-state index contributed by atoms with van der Waals surface area (Å²) in [4.78, 5) is 0. The normalized spacial score (nSPS) is 9.08. The molecule has 1 aromatic carbocycles. The van der Waals surface area contributed by atoms with E-state index in [1.807, 2.05) is 0 Å². The minimum absolute atomic E-state index is 0.0370. The lowest BCUT2D eigenvalue weighted by atomic mass is 10.2. The van der Waals surface area contributed by atoms with E-state index in [9.17, 15) is 4.39 Å². The van der Waals surface area contributed by atoms with Crippen molar-refractivity contribution >= 4 is 0 Å². The fourth-order valence-electron chi connectivity index (χ4n) is 0.841. The summed E-state index contributed by atoms with van der Waals surface area (Å²) in [5.74, 6) is -1.01. The van der Waals surface area contributed by atoms with Crippen molar-refractivity contribution in [1.29, 1.82) is 5.26 Å². The van der Waals surface area contributed by atoms with Crippen LogP contribution < -0.4 is 4.74 Å². The Balaban J connectivity index is 3.36. The highest BCUT2D eigenvalue weighted by Crippen LogP contribution is 2.27. The molecular weight excluding hydrogens is 161 g/mol. The maximum Gasteiger partial charge on any atom is 0.143 e. The predicted octanol–water partition coefficient (Wildman–Crippen LogP) is 1.41. The first-order valence-electron chi connectivity index (χ1n) is 3.15. The van der Waals surface area contributed by atoms with E-state index in [4.69, 9.17) is 10.4 Å². The van der Waals surface area contributed by atoms with Crippen LogP contribution in [0.3, 0.4) is 0 Å². The Labute approximate surface area is 68.6 Å². The Kier molecular flexibility index (Phi) is 2.15. The highest BCUT2D eigenvalue weighted by atomic mass is 19.1. The van der Waals surface area contributed by atoms with Crippen LogP contribution in [0.2, 0.25) is 0 Å². The van der Waals surface area contributed by atoms with Gasteiger partial charge in [-0.25, -0.2) is 4.39 Å². The highest BCUT2D eigenvalue weighted by molar-refractivity contribution is 5.52. The summed E-state index contributed by atoms with van der Waals surface area (Å²) in [6.45, 7) is 0. The van der Waals surface area contributed by atoms with E-state index in [-0.39, 0.29) is 11.3 Å². The largest absolute Gasteiger partial charge is 0.506 e. The van der Waals surface area contributed by atoms with Gasteiger partial charge in [0.25, 0.3) is 0 Å². The van der Waals surface area contributed by atoms with E-state index in [0.717, 1.165) is 12.1 Å². The summed E-state index contributed by atoms with van der Waals surface area (Å²) in [6, 6.07) is 3.60. The topological polar surface area (TPSA) is 53.2 Å². The van der Waals surface area contributed by atoms with Crippen LogP contribution in [0.4, 0.5) is 4.39 Å². The molecule has 3 nitrogen and oxygen atoms in total. The van der Waals surface area contributed by atoms with Crippen molar-refractivity contribution in [3.05, 3.63) is 23.5 Å².